The van der Waals surface area contributed by atoms with Crippen molar-refractivity contribution in [1.82, 2.24) is 0 Å². The summed E-state index contributed by atoms with van der Waals surface area (Å²) in [6.07, 6.45) is 4.57. The van der Waals surface area contributed by atoms with E-state index in [-0.39, 0.29) is 5.91 Å². The maximum Gasteiger partial charge on any atom is 0.244 e. The Morgan fingerprint density at radius 2 is 2.10 bits per heavy atom. The lowest BCUT2D eigenvalue weighted by Crippen LogP contribution is -2.13. The number of hydrogen-bond donors (Lipinski definition) is 1. The van der Waals surface area contributed by atoms with Gasteiger partial charge in [0.05, 0.1) is 0 Å². The van der Waals surface area contributed by atoms with Crippen molar-refractivity contribution in [2.45, 2.75) is 33.1 Å². The second kappa shape index (κ2) is 5.03. The van der Waals surface area contributed by atoms with Crippen LogP contribution in [0.25, 0.3) is 0 Å². The van der Waals surface area contributed by atoms with Gasteiger partial charge < -0.3 is 5.73 Å². The molecule has 58 valence electrons. The Balaban J connectivity index is 3.98. The fraction of sp³-hybridized carbons (Fsp3) is 0.625. The maximum absolute atomic E-state index is 10.6. The van der Waals surface area contributed by atoms with Crippen LogP contribution in [0.2, 0.25) is 0 Å². The molecule has 0 atom stereocenters. The standard InChI is InChI=1S/C8H15NO/c1-3-5-7(6-4-2)8(9)10/h5H,3-4,6H2,1-2H3,(H2,9,10)/b7-5+. The number of allylic oxidation sites excluding steroid dienone is 1. The minimum absolute atomic E-state index is 0.274. The summed E-state index contributed by atoms with van der Waals surface area (Å²) in [5.41, 5.74) is 5.87. The van der Waals surface area contributed by atoms with Crippen molar-refractivity contribution < 1.29 is 4.79 Å². The highest BCUT2D eigenvalue weighted by Gasteiger charge is 2.00. The maximum atomic E-state index is 10.6. The summed E-state index contributed by atoms with van der Waals surface area (Å²) in [6.45, 7) is 4.03. The monoisotopic (exact) mass is 141 g/mol. The summed E-state index contributed by atoms with van der Waals surface area (Å²) in [6, 6.07) is 0. The molecule has 10 heavy (non-hydrogen) atoms. The van der Waals surface area contributed by atoms with Crippen LogP contribution >= 0.6 is 0 Å². The zero-order valence-electron chi connectivity index (χ0n) is 6.68. The van der Waals surface area contributed by atoms with Crippen molar-refractivity contribution in [2.75, 3.05) is 0 Å². The number of amides is 1. The van der Waals surface area contributed by atoms with Crippen LogP contribution < -0.4 is 5.73 Å². The summed E-state index contributed by atoms with van der Waals surface area (Å²) < 4.78 is 0. The number of carbonyl (C=O) groups is 1. The molecule has 0 aromatic carbocycles. The fourth-order valence-corrected chi connectivity index (χ4v) is 0.842. The van der Waals surface area contributed by atoms with Crippen LogP contribution in [-0.2, 0) is 4.79 Å². The summed E-state index contributed by atoms with van der Waals surface area (Å²) >= 11 is 0. The molecule has 0 heterocycles. The van der Waals surface area contributed by atoms with Gasteiger partial charge in [-0.1, -0.05) is 26.3 Å². The normalized spacial score (nSPS) is 11.6. The first-order valence-corrected chi connectivity index (χ1v) is 3.71. The van der Waals surface area contributed by atoms with Gasteiger partial charge in [0, 0.05) is 5.57 Å². The largest absolute Gasteiger partial charge is 0.366 e. The Morgan fingerprint density at radius 1 is 1.50 bits per heavy atom. The van der Waals surface area contributed by atoms with Crippen LogP contribution in [0.4, 0.5) is 0 Å². The van der Waals surface area contributed by atoms with Crippen LogP contribution in [0, 0.1) is 0 Å². The first kappa shape index (κ1) is 9.21. The molecule has 2 N–H and O–H groups in total. The minimum atomic E-state index is -0.274. The third-order valence-electron chi connectivity index (χ3n) is 1.29. The van der Waals surface area contributed by atoms with E-state index < -0.39 is 0 Å². The molecule has 1 amide bonds. The van der Waals surface area contributed by atoms with Crippen LogP contribution in [0.15, 0.2) is 11.6 Å². The Labute approximate surface area is 62.1 Å². The van der Waals surface area contributed by atoms with E-state index in [1.807, 2.05) is 19.9 Å². The number of rotatable bonds is 4. The Morgan fingerprint density at radius 3 is 2.40 bits per heavy atom. The third kappa shape index (κ3) is 3.28. The molecule has 0 bridgehead atoms. The highest BCUT2D eigenvalue weighted by atomic mass is 16.1. The highest BCUT2D eigenvalue weighted by Crippen LogP contribution is 2.04. The zero-order chi connectivity index (χ0) is 7.98. The van der Waals surface area contributed by atoms with Gasteiger partial charge >= 0.3 is 0 Å². The average molecular weight is 141 g/mol. The van der Waals surface area contributed by atoms with E-state index in [9.17, 15) is 4.79 Å². The molecule has 0 aliphatic carbocycles. The molecule has 0 aromatic heterocycles. The van der Waals surface area contributed by atoms with Crippen molar-refractivity contribution >= 4 is 5.91 Å². The van der Waals surface area contributed by atoms with Crippen LogP contribution in [-0.4, -0.2) is 5.91 Å². The number of carbonyl (C=O) groups excluding carboxylic acids is 1. The predicted octanol–water partition coefficient (Wildman–Crippen LogP) is 1.61. The van der Waals surface area contributed by atoms with Crippen molar-refractivity contribution in [1.29, 1.82) is 0 Å². The van der Waals surface area contributed by atoms with Gasteiger partial charge in [0.1, 0.15) is 0 Å². The van der Waals surface area contributed by atoms with Crippen LogP contribution in [0.5, 0.6) is 0 Å². The zero-order valence-corrected chi connectivity index (χ0v) is 6.68. The van der Waals surface area contributed by atoms with Gasteiger partial charge in [-0.05, 0) is 12.8 Å². The lowest BCUT2D eigenvalue weighted by atomic mass is 10.1. The van der Waals surface area contributed by atoms with E-state index in [0.717, 1.165) is 24.8 Å². The van der Waals surface area contributed by atoms with Gasteiger partial charge in [0.2, 0.25) is 5.91 Å². The Hall–Kier alpha value is -0.790. The van der Waals surface area contributed by atoms with E-state index in [1.54, 1.807) is 0 Å². The van der Waals surface area contributed by atoms with Gasteiger partial charge in [-0.2, -0.15) is 0 Å². The lowest BCUT2D eigenvalue weighted by Gasteiger charge is -1.98. The molecular weight excluding hydrogens is 126 g/mol. The molecule has 2 nitrogen and oxygen atoms in total. The van der Waals surface area contributed by atoms with Gasteiger partial charge in [-0.25, -0.2) is 0 Å². The number of primary amides is 1. The van der Waals surface area contributed by atoms with Gasteiger partial charge in [-0.15, -0.1) is 0 Å². The Bertz CT molecular complexity index is 138. The first-order valence-electron chi connectivity index (χ1n) is 3.71. The number of hydrogen-bond acceptors (Lipinski definition) is 1. The predicted molar refractivity (Wildman–Crippen MR) is 42.5 cm³/mol. The van der Waals surface area contributed by atoms with E-state index >= 15 is 0 Å². The van der Waals surface area contributed by atoms with Crippen molar-refractivity contribution in [3.63, 3.8) is 0 Å². The highest BCUT2D eigenvalue weighted by molar-refractivity contribution is 5.91. The smallest absolute Gasteiger partial charge is 0.244 e. The molecule has 0 aromatic rings. The topological polar surface area (TPSA) is 43.1 Å². The molecular formula is C8H15NO. The van der Waals surface area contributed by atoms with Gasteiger partial charge in [0.15, 0.2) is 0 Å². The summed E-state index contributed by atoms with van der Waals surface area (Å²) in [4.78, 5) is 10.6. The first-order chi connectivity index (χ1) is 4.72. The molecule has 2 heteroatoms. The molecule has 0 spiro atoms. The second-order valence-corrected chi connectivity index (χ2v) is 2.25. The quantitative estimate of drug-likeness (QED) is 0.594. The molecule has 0 aliphatic heterocycles. The summed E-state index contributed by atoms with van der Waals surface area (Å²) in [7, 11) is 0. The van der Waals surface area contributed by atoms with Crippen molar-refractivity contribution in [2.24, 2.45) is 5.73 Å². The Kier molecular flexibility index (Phi) is 4.63. The molecule has 0 saturated carbocycles. The van der Waals surface area contributed by atoms with Crippen molar-refractivity contribution in [3.8, 4) is 0 Å². The minimum Gasteiger partial charge on any atom is -0.366 e. The van der Waals surface area contributed by atoms with Gasteiger partial charge in [0.25, 0.3) is 0 Å². The average Bonchev–Trinajstić information content (AvgIpc) is 1.87. The lowest BCUT2D eigenvalue weighted by molar-refractivity contribution is -0.114. The summed E-state index contributed by atoms with van der Waals surface area (Å²) in [5, 5.41) is 0. The molecule has 0 fully saturated rings. The molecule has 0 aliphatic rings. The fourth-order valence-electron chi connectivity index (χ4n) is 0.842. The molecule has 0 unspecified atom stereocenters. The van der Waals surface area contributed by atoms with E-state index in [0.29, 0.717) is 0 Å². The molecule has 0 saturated heterocycles. The summed E-state index contributed by atoms with van der Waals surface area (Å²) in [5.74, 6) is -0.274. The van der Waals surface area contributed by atoms with E-state index in [2.05, 4.69) is 0 Å². The SMILES string of the molecule is CC/C=C(\CCC)C(N)=O. The van der Waals surface area contributed by atoms with E-state index in [1.165, 1.54) is 0 Å². The molecule has 0 radical (unpaired) electrons. The molecule has 0 rings (SSSR count). The van der Waals surface area contributed by atoms with Gasteiger partial charge in [-0.3, -0.25) is 4.79 Å². The second-order valence-electron chi connectivity index (χ2n) is 2.25. The van der Waals surface area contributed by atoms with Crippen molar-refractivity contribution in [3.05, 3.63) is 11.6 Å². The van der Waals surface area contributed by atoms with Crippen LogP contribution in [0.3, 0.4) is 0 Å². The third-order valence-corrected chi connectivity index (χ3v) is 1.29. The van der Waals surface area contributed by atoms with Crippen LogP contribution in [0.1, 0.15) is 33.1 Å². The number of nitrogens with two attached hydrogens (primary N) is 1. The van der Waals surface area contributed by atoms with E-state index in [4.69, 9.17) is 5.73 Å².